The van der Waals surface area contributed by atoms with Crippen molar-refractivity contribution in [2.75, 3.05) is 6.61 Å². The van der Waals surface area contributed by atoms with Crippen molar-refractivity contribution in [2.24, 2.45) is 5.41 Å². The van der Waals surface area contributed by atoms with E-state index in [4.69, 9.17) is 9.26 Å². The van der Waals surface area contributed by atoms with Crippen molar-refractivity contribution in [2.45, 2.75) is 45.6 Å². The fraction of sp³-hybridized carbons (Fsp3) is 0.500. The molecule has 3 rings (SSSR count). The van der Waals surface area contributed by atoms with E-state index in [1.165, 1.54) is 0 Å². The molecule has 5 nitrogen and oxygen atoms in total. The standard InChI is InChI=1S/C18H22N2O3/c1-18(2,11-14(21)13-7-4-3-5-8-13)12-16-19-17(20-23-16)15-9-6-10-22-15/h3-5,7-8,15H,6,9-12H2,1-2H3. The second-order valence-electron chi connectivity index (χ2n) is 6.85. The predicted molar refractivity (Wildman–Crippen MR) is 85.1 cm³/mol. The zero-order valence-electron chi connectivity index (χ0n) is 13.6. The first-order valence-electron chi connectivity index (χ1n) is 8.06. The molecule has 0 radical (unpaired) electrons. The van der Waals surface area contributed by atoms with Crippen molar-refractivity contribution in [1.29, 1.82) is 0 Å². The van der Waals surface area contributed by atoms with Crippen LogP contribution in [0, 0.1) is 5.41 Å². The molecule has 1 aromatic heterocycles. The molecule has 1 unspecified atom stereocenters. The number of hydrogen-bond donors (Lipinski definition) is 0. The number of hydrogen-bond acceptors (Lipinski definition) is 5. The number of ketones is 1. The fourth-order valence-electron chi connectivity index (χ4n) is 2.88. The van der Waals surface area contributed by atoms with Gasteiger partial charge in [-0.3, -0.25) is 4.79 Å². The number of Topliss-reactive ketones (excluding diaryl/α,β-unsaturated/α-hetero) is 1. The topological polar surface area (TPSA) is 65.2 Å². The summed E-state index contributed by atoms with van der Waals surface area (Å²) in [7, 11) is 0. The summed E-state index contributed by atoms with van der Waals surface area (Å²) in [6.07, 6.45) is 2.95. The second-order valence-corrected chi connectivity index (χ2v) is 6.85. The molecule has 5 heteroatoms. The maximum atomic E-state index is 12.4. The van der Waals surface area contributed by atoms with Crippen LogP contribution < -0.4 is 0 Å². The van der Waals surface area contributed by atoms with Gasteiger partial charge in [0.25, 0.3) is 0 Å². The Morgan fingerprint density at radius 3 is 2.78 bits per heavy atom. The van der Waals surface area contributed by atoms with Crippen LogP contribution in [0.1, 0.15) is 61.3 Å². The van der Waals surface area contributed by atoms with Gasteiger partial charge in [-0.15, -0.1) is 0 Å². The van der Waals surface area contributed by atoms with E-state index in [-0.39, 0.29) is 17.3 Å². The Labute approximate surface area is 136 Å². The molecule has 122 valence electrons. The highest BCUT2D eigenvalue weighted by atomic mass is 16.5. The van der Waals surface area contributed by atoms with Gasteiger partial charge in [-0.2, -0.15) is 4.98 Å². The quantitative estimate of drug-likeness (QED) is 0.759. The molecule has 0 bridgehead atoms. The zero-order chi connectivity index (χ0) is 16.3. The van der Waals surface area contributed by atoms with Gasteiger partial charge in [0, 0.05) is 25.0 Å². The monoisotopic (exact) mass is 314 g/mol. The van der Waals surface area contributed by atoms with Crippen molar-refractivity contribution in [3.63, 3.8) is 0 Å². The van der Waals surface area contributed by atoms with E-state index in [0.29, 0.717) is 24.6 Å². The number of nitrogens with zero attached hydrogens (tertiary/aromatic N) is 2. The Bertz CT molecular complexity index is 658. The third-order valence-electron chi connectivity index (χ3n) is 4.07. The lowest BCUT2D eigenvalue weighted by atomic mass is 9.82. The van der Waals surface area contributed by atoms with Crippen LogP contribution in [-0.4, -0.2) is 22.5 Å². The van der Waals surface area contributed by atoms with E-state index in [1.807, 2.05) is 44.2 Å². The highest BCUT2D eigenvalue weighted by molar-refractivity contribution is 5.96. The molecule has 0 amide bonds. The zero-order valence-corrected chi connectivity index (χ0v) is 13.6. The van der Waals surface area contributed by atoms with Gasteiger partial charge in [0.15, 0.2) is 5.78 Å². The summed E-state index contributed by atoms with van der Waals surface area (Å²) in [5.74, 6) is 1.33. The van der Waals surface area contributed by atoms with E-state index in [2.05, 4.69) is 10.1 Å². The van der Waals surface area contributed by atoms with Gasteiger partial charge in [0.05, 0.1) is 0 Å². The summed E-state index contributed by atoms with van der Waals surface area (Å²) in [6.45, 7) is 4.85. The average Bonchev–Trinajstić information content (AvgIpc) is 3.18. The summed E-state index contributed by atoms with van der Waals surface area (Å²) in [6, 6.07) is 9.37. The van der Waals surface area contributed by atoms with Crippen LogP contribution in [0.15, 0.2) is 34.9 Å². The maximum absolute atomic E-state index is 12.4. The normalized spacial score (nSPS) is 18.3. The summed E-state index contributed by atoms with van der Waals surface area (Å²) in [5.41, 5.74) is 0.499. The molecule has 1 saturated heterocycles. The molecule has 0 saturated carbocycles. The van der Waals surface area contributed by atoms with Crippen LogP contribution in [0.25, 0.3) is 0 Å². The molecular weight excluding hydrogens is 292 g/mol. The third-order valence-corrected chi connectivity index (χ3v) is 4.07. The van der Waals surface area contributed by atoms with Crippen LogP contribution in [0.4, 0.5) is 0 Å². The first kappa shape index (κ1) is 15.9. The third kappa shape index (κ3) is 4.05. The summed E-state index contributed by atoms with van der Waals surface area (Å²) < 4.78 is 10.9. The Morgan fingerprint density at radius 1 is 1.30 bits per heavy atom. The molecule has 0 aliphatic carbocycles. The smallest absolute Gasteiger partial charge is 0.227 e. The van der Waals surface area contributed by atoms with E-state index in [9.17, 15) is 4.79 Å². The molecule has 2 aromatic rings. The molecule has 2 heterocycles. The lowest BCUT2D eigenvalue weighted by Crippen LogP contribution is -2.20. The Kier molecular flexibility index (Phi) is 4.57. The van der Waals surface area contributed by atoms with Crippen LogP contribution >= 0.6 is 0 Å². The van der Waals surface area contributed by atoms with Crippen molar-refractivity contribution < 1.29 is 14.1 Å². The minimum atomic E-state index is -0.243. The van der Waals surface area contributed by atoms with E-state index >= 15 is 0 Å². The maximum Gasteiger partial charge on any atom is 0.227 e. The summed E-state index contributed by atoms with van der Waals surface area (Å²) in [4.78, 5) is 16.8. The number of carbonyl (C=O) groups is 1. The van der Waals surface area contributed by atoms with Crippen LogP contribution in [0.2, 0.25) is 0 Å². The average molecular weight is 314 g/mol. The van der Waals surface area contributed by atoms with Crippen LogP contribution in [-0.2, 0) is 11.2 Å². The minimum absolute atomic E-state index is 0.0402. The molecule has 23 heavy (non-hydrogen) atoms. The molecule has 1 aliphatic rings. The minimum Gasteiger partial charge on any atom is -0.370 e. The van der Waals surface area contributed by atoms with Crippen LogP contribution in [0.3, 0.4) is 0 Å². The van der Waals surface area contributed by atoms with Gasteiger partial charge >= 0.3 is 0 Å². The lowest BCUT2D eigenvalue weighted by molar-refractivity contribution is 0.0926. The van der Waals surface area contributed by atoms with E-state index < -0.39 is 0 Å². The van der Waals surface area contributed by atoms with E-state index in [0.717, 1.165) is 25.0 Å². The molecule has 1 aromatic carbocycles. The number of ether oxygens (including phenoxy) is 1. The SMILES string of the molecule is CC(C)(CC(=O)c1ccccc1)Cc1nc(C2CCCO2)no1. The van der Waals surface area contributed by atoms with Gasteiger partial charge in [-0.05, 0) is 18.3 Å². The summed E-state index contributed by atoms with van der Waals surface area (Å²) >= 11 is 0. The highest BCUT2D eigenvalue weighted by Gasteiger charge is 2.28. The molecule has 1 aliphatic heterocycles. The van der Waals surface area contributed by atoms with Crippen molar-refractivity contribution in [1.82, 2.24) is 10.1 Å². The molecule has 1 atom stereocenters. The first-order chi connectivity index (χ1) is 11.0. The Balaban J connectivity index is 1.63. The van der Waals surface area contributed by atoms with Crippen LogP contribution in [0.5, 0.6) is 0 Å². The molecule has 1 fully saturated rings. The first-order valence-corrected chi connectivity index (χ1v) is 8.06. The molecule has 0 N–H and O–H groups in total. The largest absolute Gasteiger partial charge is 0.370 e. The Hall–Kier alpha value is -2.01. The van der Waals surface area contributed by atoms with Crippen molar-refractivity contribution in [3.05, 3.63) is 47.6 Å². The Morgan fingerprint density at radius 2 is 2.09 bits per heavy atom. The van der Waals surface area contributed by atoms with Gasteiger partial charge in [-0.1, -0.05) is 49.3 Å². The fourth-order valence-corrected chi connectivity index (χ4v) is 2.88. The van der Waals surface area contributed by atoms with Gasteiger partial charge < -0.3 is 9.26 Å². The van der Waals surface area contributed by atoms with Crippen molar-refractivity contribution in [3.8, 4) is 0 Å². The highest BCUT2D eigenvalue weighted by Crippen LogP contribution is 2.30. The second kappa shape index (κ2) is 6.62. The molecule has 0 spiro atoms. The number of aromatic nitrogens is 2. The predicted octanol–water partition coefficient (Wildman–Crippen LogP) is 3.76. The lowest BCUT2D eigenvalue weighted by Gasteiger charge is -2.21. The molecular formula is C18H22N2O3. The number of rotatable bonds is 6. The van der Waals surface area contributed by atoms with Gasteiger partial charge in [0.1, 0.15) is 6.10 Å². The van der Waals surface area contributed by atoms with Crippen molar-refractivity contribution >= 4 is 5.78 Å². The number of carbonyl (C=O) groups excluding carboxylic acids is 1. The summed E-state index contributed by atoms with van der Waals surface area (Å²) in [5, 5.41) is 4.02. The number of benzene rings is 1. The van der Waals surface area contributed by atoms with Gasteiger partial charge in [-0.25, -0.2) is 0 Å². The van der Waals surface area contributed by atoms with Gasteiger partial charge in [0.2, 0.25) is 11.7 Å². The van der Waals surface area contributed by atoms with E-state index in [1.54, 1.807) is 0 Å².